The van der Waals surface area contributed by atoms with Crippen molar-refractivity contribution in [1.29, 1.82) is 0 Å². The number of para-hydroxylation sites is 1. The third kappa shape index (κ3) is 2.76. The number of H-pyrrole nitrogens is 1. The second-order valence-electron chi connectivity index (χ2n) is 6.81. The van der Waals surface area contributed by atoms with E-state index in [-0.39, 0.29) is 15.2 Å². The zero-order valence-electron chi connectivity index (χ0n) is 13.8. The van der Waals surface area contributed by atoms with Gasteiger partial charge in [-0.25, -0.2) is 8.42 Å². The fraction of sp³-hybridized carbons (Fsp3) is 0.211. The number of aromatic nitrogens is 1. The number of sulfone groups is 1. The maximum absolute atomic E-state index is 12.8. The number of hydrogen-bond donors (Lipinski definition) is 1. The molecule has 0 radical (unpaired) electrons. The molecule has 1 heterocycles. The normalized spacial score (nSPS) is 12.5. The quantitative estimate of drug-likeness (QED) is 0.773. The Labute approximate surface area is 141 Å². The largest absolute Gasteiger partial charge is 0.360 e. The fourth-order valence-electron chi connectivity index (χ4n) is 2.61. The second kappa shape index (κ2) is 5.60. The molecule has 24 heavy (non-hydrogen) atoms. The summed E-state index contributed by atoms with van der Waals surface area (Å²) in [6.07, 6.45) is 1.28. The monoisotopic (exact) mass is 341 g/mol. The molecule has 2 aromatic carbocycles. The van der Waals surface area contributed by atoms with Crippen LogP contribution in [0.5, 0.6) is 0 Å². The first-order chi connectivity index (χ1) is 11.2. The first kappa shape index (κ1) is 16.5. The SMILES string of the molecule is CC(C)(C)c1ccc(S(=O)(=O)c2c[nH]c3ccccc3c2=O)cc1. The molecule has 0 bridgehead atoms. The molecule has 0 aliphatic rings. The van der Waals surface area contributed by atoms with Crippen molar-refractivity contribution in [3.63, 3.8) is 0 Å². The van der Waals surface area contributed by atoms with E-state index in [1.807, 2.05) is 0 Å². The smallest absolute Gasteiger partial charge is 0.211 e. The summed E-state index contributed by atoms with van der Waals surface area (Å²) in [4.78, 5) is 15.4. The average molecular weight is 341 g/mol. The molecule has 3 rings (SSSR count). The third-order valence-electron chi connectivity index (χ3n) is 4.07. The van der Waals surface area contributed by atoms with E-state index in [4.69, 9.17) is 0 Å². The Morgan fingerprint density at radius 3 is 2.17 bits per heavy atom. The maximum Gasteiger partial charge on any atom is 0.211 e. The number of nitrogens with one attached hydrogen (secondary N) is 1. The van der Waals surface area contributed by atoms with Crippen LogP contribution >= 0.6 is 0 Å². The van der Waals surface area contributed by atoms with E-state index in [1.54, 1.807) is 48.5 Å². The molecule has 0 atom stereocenters. The molecule has 0 unspecified atom stereocenters. The average Bonchev–Trinajstić information content (AvgIpc) is 2.54. The summed E-state index contributed by atoms with van der Waals surface area (Å²) >= 11 is 0. The predicted molar refractivity (Wildman–Crippen MR) is 95.2 cm³/mol. The van der Waals surface area contributed by atoms with Gasteiger partial charge in [0.25, 0.3) is 0 Å². The number of benzene rings is 2. The van der Waals surface area contributed by atoms with Gasteiger partial charge in [-0.2, -0.15) is 0 Å². The van der Waals surface area contributed by atoms with Gasteiger partial charge < -0.3 is 4.98 Å². The van der Waals surface area contributed by atoms with Crippen molar-refractivity contribution >= 4 is 20.7 Å². The van der Waals surface area contributed by atoms with E-state index < -0.39 is 15.3 Å². The number of pyridine rings is 1. The van der Waals surface area contributed by atoms with Crippen LogP contribution in [0.2, 0.25) is 0 Å². The molecule has 0 aliphatic carbocycles. The highest BCUT2D eigenvalue weighted by molar-refractivity contribution is 7.91. The van der Waals surface area contributed by atoms with E-state index in [2.05, 4.69) is 25.8 Å². The molecule has 4 nitrogen and oxygen atoms in total. The van der Waals surface area contributed by atoms with Crippen molar-refractivity contribution in [2.24, 2.45) is 0 Å². The highest BCUT2D eigenvalue weighted by Gasteiger charge is 2.23. The summed E-state index contributed by atoms with van der Waals surface area (Å²) in [5.74, 6) is 0. The molecule has 1 N–H and O–H groups in total. The maximum atomic E-state index is 12.8. The van der Waals surface area contributed by atoms with Gasteiger partial charge in [-0.05, 0) is 35.2 Å². The number of rotatable bonds is 2. The molecule has 1 aromatic heterocycles. The third-order valence-corrected chi connectivity index (χ3v) is 5.85. The van der Waals surface area contributed by atoms with Gasteiger partial charge in [0, 0.05) is 17.1 Å². The fourth-order valence-corrected chi connectivity index (χ4v) is 3.93. The van der Waals surface area contributed by atoms with Crippen molar-refractivity contribution < 1.29 is 8.42 Å². The van der Waals surface area contributed by atoms with Gasteiger partial charge in [0.2, 0.25) is 15.3 Å². The Balaban J connectivity index is 2.15. The molecule has 124 valence electrons. The Hall–Kier alpha value is -2.40. The van der Waals surface area contributed by atoms with Crippen LogP contribution in [0.25, 0.3) is 10.9 Å². The topological polar surface area (TPSA) is 67.0 Å². The number of fused-ring (bicyclic) bond motifs is 1. The van der Waals surface area contributed by atoms with Crippen molar-refractivity contribution in [2.45, 2.75) is 36.0 Å². The van der Waals surface area contributed by atoms with Crippen molar-refractivity contribution in [1.82, 2.24) is 4.98 Å². The molecule has 3 aromatic rings. The van der Waals surface area contributed by atoms with Gasteiger partial charge in [0.05, 0.1) is 4.90 Å². The minimum Gasteiger partial charge on any atom is -0.360 e. The van der Waals surface area contributed by atoms with Crippen molar-refractivity contribution in [3.05, 3.63) is 70.5 Å². The van der Waals surface area contributed by atoms with Crippen LogP contribution in [0.4, 0.5) is 0 Å². The van der Waals surface area contributed by atoms with Crippen LogP contribution in [0.3, 0.4) is 0 Å². The molecular weight excluding hydrogens is 322 g/mol. The lowest BCUT2D eigenvalue weighted by molar-refractivity contribution is 0.586. The summed E-state index contributed by atoms with van der Waals surface area (Å²) in [5.41, 5.74) is 1.10. The molecule has 0 spiro atoms. The Bertz CT molecular complexity index is 1060. The summed E-state index contributed by atoms with van der Waals surface area (Å²) < 4.78 is 25.7. The molecule has 0 saturated heterocycles. The summed E-state index contributed by atoms with van der Waals surface area (Å²) in [6, 6.07) is 13.6. The molecular formula is C19H19NO3S. The highest BCUT2D eigenvalue weighted by atomic mass is 32.2. The van der Waals surface area contributed by atoms with Crippen LogP contribution in [0, 0.1) is 0 Å². The van der Waals surface area contributed by atoms with Crippen LogP contribution in [0.15, 0.2) is 69.3 Å². The van der Waals surface area contributed by atoms with Gasteiger partial charge in [-0.1, -0.05) is 45.0 Å². The van der Waals surface area contributed by atoms with E-state index in [0.29, 0.717) is 10.9 Å². The number of aromatic amines is 1. The summed E-state index contributed by atoms with van der Waals surface area (Å²) in [7, 11) is -3.87. The lowest BCUT2D eigenvalue weighted by Crippen LogP contribution is -2.17. The summed E-state index contributed by atoms with van der Waals surface area (Å²) in [6.45, 7) is 6.18. The van der Waals surface area contributed by atoms with Crippen LogP contribution < -0.4 is 5.43 Å². The highest BCUT2D eigenvalue weighted by Crippen LogP contribution is 2.25. The zero-order chi connectivity index (χ0) is 17.5. The molecule has 0 amide bonds. The van der Waals surface area contributed by atoms with E-state index in [9.17, 15) is 13.2 Å². The Kier molecular flexibility index (Phi) is 3.84. The Morgan fingerprint density at radius 1 is 0.917 bits per heavy atom. The van der Waals surface area contributed by atoms with E-state index >= 15 is 0 Å². The molecule has 5 heteroatoms. The molecule has 0 aliphatic heterocycles. The molecule has 0 fully saturated rings. The predicted octanol–water partition coefficient (Wildman–Crippen LogP) is 3.66. The minimum atomic E-state index is -3.87. The lowest BCUT2D eigenvalue weighted by Gasteiger charge is -2.19. The number of hydrogen-bond acceptors (Lipinski definition) is 3. The van der Waals surface area contributed by atoms with Crippen LogP contribution in [-0.2, 0) is 15.3 Å². The van der Waals surface area contributed by atoms with Crippen molar-refractivity contribution in [3.8, 4) is 0 Å². The van der Waals surface area contributed by atoms with Gasteiger partial charge in [-0.15, -0.1) is 0 Å². The standard InChI is InChI=1S/C19H19NO3S/c1-19(2,3)13-8-10-14(11-9-13)24(22,23)17-12-20-16-7-5-4-6-15(16)18(17)21/h4-12H,1-3H3,(H,20,21). The first-order valence-electron chi connectivity index (χ1n) is 7.67. The zero-order valence-corrected chi connectivity index (χ0v) is 14.6. The van der Waals surface area contributed by atoms with Crippen molar-refractivity contribution in [2.75, 3.05) is 0 Å². The lowest BCUT2D eigenvalue weighted by atomic mass is 9.87. The molecule has 0 saturated carbocycles. The second-order valence-corrected chi connectivity index (χ2v) is 8.72. The van der Waals surface area contributed by atoms with Gasteiger partial charge >= 0.3 is 0 Å². The van der Waals surface area contributed by atoms with Crippen LogP contribution in [-0.4, -0.2) is 13.4 Å². The van der Waals surface area contributed by atoms with Crippen LogP contribution in [0.1, 0.15) is 26.3 Å². The van der Waals surface area contributed by atoms with E-state index in [1.165, 1.54) is 6.20 Å². The summed E-state index contributed by atoms with van der Waals surface area (Å²) in [5, 5.41) is 0.366. The Morgan fingerprint density at radius 2 is 1.54 bits per heavy atom. The van der Waals surface area contributed by atoms with Gasteiger partial charge in [-0.3, -0.25) is 4.79 Å². The first-order valence-corrected chi connectivity index (χ1v) is 9.15. The minimum absolute atomic E-state index is 0.0668. The van der Waals surface area contributed by atoms with Gasteiger partial charge in [0.15, 0.2) is 0 Å². The van der Waals surface area contributed by atoms with E-state index in [0.717, 1.165) is 5.56 Å². The van der Waals surface area contributed by atoms with Gasteiger partial charge in [0.1, 0.15) is 4.90 Å².